The van der Waals surface area contributed by atoms with Crippen molar-refractivity contribution in [2.24, 2.45) is 0 Å². The molecule has 0 unspecified atom stereocenters. The molecule has 78 valence electrons. The Kier molecular flexibility index (Phi) is 4.98. The van der Waals surface area contributed by atoms with Crippen molar-refractivity contribution in [2.75, 3.05) is 6.61 Å². The van der Waals surface area contributed by atoms with Crippen LogP contribution in [0.5, 0.6) is 5.75 Å². The third kappa shape index (κ3) is 4.70. The van der Waals surface area contributed by atoms with Gasteiger partial charge >= 0.3 is 6.16 Å². The van der Waals surface area contributed by atoms with Gasteiger partial charge in [-0.2, -0.15) is 0 Å². The summed E-state index contributed by atoms with van der Waals surface area (Å²) in [6, 6.07) is 7.13. The maximum atomic E-state index is 11.1. The molecule has 0 spiro atoms. The van der Waals surface area contributed by atoms with E-state index in [1.54, 1.807) is 12.1 Å². The number of ether oxygens (including phenoxy) is 2. The fourth-order valence-electron chi connectivity index (χ4n) is 0.854. The number of hydrogen-bond donors (Lipinski definition) is 0. The zero-order chi connectivity index (χ0) is 11.1. The molecule has 0 radical (unpaired) electrons. The first-order valence-corrected chi connectivity index (χ1v) is 5.30. The highest BCUT2D eigenvalue weighted by molar-refractivity contribution is 14.1. The minimum atomic E-state index is -0.738. The third-order valence-corrected chi connectivity index (χ3v) is 1.93. The van der Waals surface area contributed by atoms with E-state index in [9.17, 15) is 4.79 Å². The van der Waals surface area contributed by atoms with Crippen LogP contribution in [0, 0.1) is 16.8 Å². The summed E-state index contributed by atoms with van der Waals surface area (Å²) < 4.78 is 12.1. The molecule has 0 aliphatic heterocycles. The number of hydrogen-bond acceptors (Lipinski definition) is 3. The summed E-state index contributed by atoms with van der Waals surface area (Å²) in [5, 5.41) is 0. The molecule has 0 saturated heterocycles. The number of halogens is 1. The van der Waals surface area contributed by atoms with Crippen molar-refractivity contribution in [1.29, 1.82) is 0 Å². The molecular weight excluding hydrogens is 307 g/mol. The van der Waals surface area contributed by atoms with Gasteiger partial charge in [-0.15, -0.1) is 0 Å². The largest absolute Gasteiger partial charge is 0.514 e. The third-order valence-electron chi connectivity index (χ3n) is 1.55. The van der Waals surface area contributed by atoms with Crippen LogP contribution in [0.15, 0.2) is 24.3 Å². The Bertz CT molecular complexity index is 387. The van der Waals surface area contributed by atoms with Crippen LogP contribution in [0.3, 0.4) is 0 Å². The van der Waals surface area contributed by atoms with E-state index in [0.717, 1.165) is 5.56 Å². The molecule has 1 rings (SSSR count). The summed E-state index contributed by atoms with van der Waals surface area (Å²) in [6.07, 6.45) is -0.738. The highest BCUT2D eigenvalue weighted by atomic mass is 127. The number of benzene rings is 1. The van der Waals surface area contributed by atoms with E-state index in [2.05, 4.69) is 14.6 Å². The lowest BCUT2D eigenvalue weighted by atomic mass is 10.2. The van der Waals surface area contributed by atoms with Crippen molar-refractivity contribution in [3.63, 3.8) is 0 Å². The lowest BCUT2D eigenvalue weighted by Crippen LogP contribution is -2.10. The monoisotopic (exact) mass is 316 g/mol. The Labute approximate surface area is 102 Å². The number of rotatable bonds is 2. The minimum Gasteiger partial charge on any atom is -0.421 e. The van der Waals surface area contributed by atoms with Crippen LogP contribution in [0.4, 0.5) is 4.79 Å². The molecule has 0 atom stereocenters. The van der Waals surface area contributed by atoms with E-state index in [-0.39, 0.29) is 6.61 Å². The molecule has 0 heterocycles. The van der Waals surface area contributed by atoms with Gasteiger partial charge in [-0.05, 0) is 23.0 Å². The fraction of sp³-hybridized carbons (Fsp3) is 0.182. The first-order valence-electron chi connectivity index (χ1n) is 4.22. The lowest BCUT2D eigenvalue weighted by molar-refractivity contribution is 0.111. The van der Waals surface area contributed by atoms with Crippen molar-refractivity contribution in [1.82, 2.24) is 0 Å². The summed E-state index contributed by atoms with van der Waals surface area (Å²) in [6.45, 7) is 2.01. The van der Waals surface area contributed by atoms with Crippen LogP contribution < -0.4 is 4.74 Å². The van der Waals surface area contributed by atoms with Gasteiger partial charge in [-0.25, -0.2) is 4.79 Å². The van der Waals surface area contributed by atoms with Gasteiger partial charge in [-0.1, -0.05) is 23.6 Å². The van der Waals surface area contributed by atoms with Gasteiger partial charge in [0.25, 0.3) is 0 Å². The second-order valence-corrected chi connectivity index (χ2v) is 3.26. The van der Waals surface area contributed by atoms with Crippen LogP contribution in [-0.2, 0) is 4.74 Å². The Hall–Kier alpha value is -1.22. The highest BCUT2D eigenvalue weighted by Crippen LogP contribution is 2.11. The van der Waals surface area contributed by atoms with Crippen molar-refractivity contribution >= 4 is 28.7 Å². The molecular formula is C11H9IO3. The summed E-state index contributed by atoms with van der Waals surface area (Å²) in [4.78, 5) is 11.1. The second kappa shape index (κ2) is 6.30. The molecule has 0 aromatic heterocycles. The maximum Gasteiger partial charge on any atom is 0.514 e. The first-order chi connectivity index (χ1) is 7.22. The standard InChI is InChI=1S/C11H9IO3/c1-9-3-5-10(6-4-9)15-11(13)14-8-2-7-12/h3-6H,8H2,1H3. The molecule has 0 N–H and O–H groups in total. The molecule has 4 heteroatoms. The quantitative estimate of drug-likeness (QED) is 0.364. The number of carbonyl (C=O) groups is 1. The molecule has 0 amide bonds. The predicted molar refractivity (Wildman–Crippen MR) is 65.0 cm³/mol. The van der Waals surface area contributed by atoms with Crippen molar-refractivity contribution in [2.45, 2.75) is 6.92 Å². The van der Waals surface area contributed by atoms with Gasteiger partial charge in [0, 0.05) is 22.6 Å². The van der Waals surface area contributed by atoms with E-state index in [1.807, 2.05) is 41.6 Å². The molecule has 15 heavy (non-hydrogen) atoms. The Morgan fingerprint density at radius 2 is 2.07 bits per heavy atom. The Morgan fingerprint density at radius 3 is 2.67 bits per heavy atom. The molecule has 0 fully saturated rings. The minimum absolute atomic E-state index is 0.0492. The smallest absolute Gasteiger partial charge is 0.421 e. The van der Waals surface area contributed by atoms with Crippen LogP contribution in [0.25, 0.3) is 0 Å². The Morgan fingerprint density at radius 1 is 1.40 bits per heavy atom. The fourth-order valence-corrected chi connectivity index (χ4v) is 1.01. The summed E-state index contributed by atoms with van der Waals surface area (Å²) in [5.41, 5.74) is 1.10. The van der Waals surface area contributed by atoms with Gasteiger partial charge in [0.15, 0.2) is 6.61 Å². The zero-order valence-corrected chi connectivity index (χ0v) is 10.3. The van der Waals surface area contributed by atoms with E-state index in [0.29, 0.717) is 5.75 Å². The van der Waals surface area contributed by atoms with Crippen LogP contribution in [0.2, 0.25) is 0 Å². The zero-order valence-electron chi connectivity index (χ0n) is 8.12. The molecule has 0 bridgehead atoms. The highest BCUT2D eigenvalue weighted by Gasteiger charge is 2.03. The summed E-state index contributed by atoms with van der Waals surface area (Å²) >= 11 is 1.87. The maximum absolute atomic E-state index is 11.1. The molecule has 0 aliphatic carbocycles. The molecule has 1 aromatic rings. The Balaban J connectivity index is 2.43. The summed E-state index contributed by atoms with van der Waals surface area (Å²) in [7, 11) is 0. The van der Waals surface area contributed by atoms with Crippen molar-refractivity contribution < 1.29 is 14.3 Å². The normalized spacial score (nSPS) is 8.67. The van der Waals surface area contributed by atoms with Crippen LogP contribution >= 0.6 is 22.6 Å². The van der Waals surface area contributed by atoms with E-state index in [4.69, 9.17) is 4.74 Å². The van der Waals surface area contributed by atoms with Gasteiger partial charge < -0.3 is 9.47 Å². The topological polar surface area (TPSA) is 35.5 Å². The van der Waals surface area contributed by atoms with Gasteiger partial charge in [0.1, 0.15) is 5.75 Å². The second-order valence-electron chi connectivity index (χ2n) is 2.73. The van der Waals surface area contributed by atoms with E-state index in [1.165, 1.54) is 0 Å². The van der Waals surface area contributed by atoms with Crippen LogP contribution in [-0.4, -0.2) is 12.8 Å². The summed E-state index contributed by atoms with van der Waals surface area (Å²) in [5.74, 6) is 3.05. The number of aryl methyl sites for hydroxylation is 1. The van der Waals surface area contributed by atoms with Crippen molar-refractivity contribution in [3.05, 3.63) is 29.8 Å². The number of carbonyl (C=O) groups excluding carboxylic acids is 1. The lowest BCUT2D eigenvalue weighted by Gasteiger charge is -2.03. The molecule has 0 aliphatic rings. The van der Waals surface area contributed by atoms with Gasteiger partial charge in [0.05, 0.1) is 0 Å². The van der Waals surface area contributed by atoms with E-state index >= 15 is 0 Å². The average Bonchev–Trinajstić information content (AvgIpc) is 2.22. The van der Waals surface area contributed by atoms with Gasteiger partial charge in [-0.3, -0.25) is 0 Å². The van der Waals surface area contributed by atoms with Crippen molar-refractivity contribution in [3.8, 4) is 15.6 Å². The molecule has 0 saturated carbocycles. The first kappa shape index (κ1) is 11.9. The predicted octanol–water partition coefficient (Wildman–Crippen LogP) is 2.91. The van der Waals surface area contributed by atoms with E-state index < -0.39 is 6.16 Å². The van der Waals surface area contributed by atoms with Crippen LogP contribution in [0.1, 0.15) is 5.56 Å². The molecule has 3 nitrogen and oxygen atoms in total. The molecule has 1 aromatic carbocycles. The average molecular weight is 316 g/mol. The van der Waals surface area contributed by atoms with Gasteiger partial charge in [0.2, 0.25) is 0 Å². The SMILES string of the molecule is Cc1ccc(OC(=O)OCC#CI)cc1.